The number of piperidine rings is 2. The number of hydrogen-bond donors (Lipinski definition) is 4. The molecular weight excluding hydrogens is 822 g/mol. The number of aliphatic hydroxyl groups is 1. The number of nitrogens with one attached hydrogen (secondary N) is 3. The van der Waals surface area contributed by atoms with Gasteiger partial charge < -0.3 is 20.6 Å². The zero-order valence-corrected chi connectivity index (χ0v) is 35.8. The molecule has 2 aliphatic heterocycles. The van der Waals surface area contributed by atoms with Crippen LogP contribution >= 0.6 is 11.3 Å². The number of nitrogens with zero attached hydrogens (tertiary/aromatic N) is 5. The van der Waals surface area contributed by atoms with Crippen LogP contribution in [0.1, 0.15) is 117 Å². The van der Waals surface area contributed by atoms with Crippen molar-refractivity contribution in [3.8, 4) is 0 Å². The van der Waals surface area contributed by atoms with Crippen LogP contribution in [0.5, 0.6) is 0 Å². The Morgan fingerprint density at radius 1 is 0.968 bits per heavy atom. The molecule has 0 radical (unpaired) electrons. The van der Waals surface area contributed by atoms with Crippen molar-refractivity contribution in [3.63, 3.8) is 0 Å². The average molecular weight is 873 g/mol. The number of amides is 3. The van der Waals surface area contributed by atoms with E-state index in [0.717, 1.165) is 104 Å². The second kappa shape index (κ2) is 15.9. The van der Waals surface area contributed by atoms with E-state index in [9.17, 15) is 37.5 Å². The van der Waals surface area contributed by atoms with Gasteiger partial charge in [-0.2, -0.15) is 13.2 Å². The Kier molecular flexibility index (Phi) is 10.8. The monoisotopic (exact) mass is 872 g/mol. The van der Waals surface area contributed by atoms with Crippen LogP contribution in [0, 0.1) is 11.3 Å². The third-order valence-corrected chi connectivity index (χ3v) is 14.9. The summed E-state index contributed by atoms with van der Waals surface area (Å²) in [6.45, 7) is 6.42. The van der Waals surface area contributed by atoms with Crippen molar-refractivity contribution in [1.29, 1.82) is 0 Å². The smallest absolute Gasteiger partial charge is 0.386 e. The van der Waals surface area contributed by atoms with Crippen molar-refractivity contribution in [3.05, 3.63) is 81.0 Å². The summed E-state index contributed by atoms with van der Waals surface area (Å²) in [4.78, 5) is 62.1. The van der Waals surface area contributed by atoms with Gasteiger partial charge in [0.25, 0.3) is 5.91 Å². The van der Waals surface area contributed by atoms with Gasteiger partial charge in [-0.3, -0.25) is 28.8 Å². The lowest BCUT2D eigenvalue weighted by Crippen LogP contribution is -2.52. The van der Waals surface area contributed by atoms with Crippen molar-refractivity contribution >= 4 is 61.7 Å². The van der Waals surface area contributed by atoms with E-state index in [1.165, 1.54) is 10.6 Å². The van der Waals surface area contributed by atoms with Gasteiger partial charge in [-0.15, -0.1) is 11.3 Å². The molecule has 9 rings (SSSR count). The van der Waals surface area contributed by atoms with Crippen LogP contribution in [0.4, 0.5) is 24.5 Å². The number of hydrogen-bond acceptors (Lipinski definition) is 10. The highest BCUT2D eigenvalue weighted by atomic mass is 32.1. The molecule has 1 atom stereocenters. The van der Waals surface area contributed by atoms with Gasteiger partial charge in [-0.1, -0.05) is 12.1 Å². The normalized spacial score (nSPS) is 22.5. The number of aryl methyl sites for hydroxylation is 1. The molecule has 2 aromatic carbocycles. The number of carbonyl (C=O) groups excluding carboxylic acids is 3. The Hall–Kier alpha value is -5.13. The van der Waals surface area contributed by atoms with Crippen LogP contribution in [-0.4, -0.2) is 72.5 Å². The summed E-state index contributed by atoms with van der Waals surface area (Å²) in [7, 11) is 1.73. The van der Waals surface area contributed by atoms with Crippen LogP contribution in [0.25, 0.3) is 21.3 Å². The number of carbonyl (C=O) groups is 3. The molecule has 2 saturated heterocycles. The summed E-state index contributed by atoms with van der Waals surface area (Å²) in [5, 5.41) is 20.8. The Morgan fingerprint density at radius 3 is 2.39 bits per heavy atom. The Labute approximate surface area is 360 Å². The van der Waals surface area contributed by atoms with E-state index in [1.807, 2.05) is 18.2 Å². The minimum absolute atomic E-state index is 0.201. The molecular formula is C45H51F3N8O5S. The fourth-order valence-electron chi connectivity index (χ4n) is 10.3. The summed E-state index contributed by atoms with van der Waals surface area (Å²) in [6, 6.07) is 12.0. The summed E-state index contributed by atoms with van der Waals surface area (Å²) in [5.41, 5.74) is 0.914. The Balaban J connectivity index is 0.778. The lowest BCUT2D eigenvalue weighted by atomic mass is 9.60. The van der Waals surface area contributed by atoms with E-state index < -0.39 is 35.3 Å². The van der Waals surface area contributed by atoms with Gasteiger partial charge in [0.05, 0.1) is 37.5 Å². The molecule has 5 aromatic rings. The standard InChI is InChI=1S/C45H51F3N8O5S/c1-43(2,61)28-20-32-35(21-31(28)51-39(58)30-7-5-9-36(50-30)45(46,47)48)62-41(52-32)26-12-10-25(11-13-26)24-55-18-16-44(17-19-55)22-27(23-44)49-29-6-4-8-33-38(29)54(3)42(60)56(33)34-14-15-37(57)53-40(34)59/h4-9,20-21,25-27,34,49,61H,10-19,22-24H2,1-3H3,(H,51,58)(H,53,57,59). The third kappa shape index (κ3) is 8.14. The van der Waals surface area contributed by atoms with Crippen molar-refractivity contribution < 1.29 is 32.7 Å². The van der Waals surface area contributed by atoms with Gasteiger partial charge in [0.1, 0.15) is 17.4 Å². The van der Waals surface area contributed by atoms with Crippen LogP contribution in [0.3, 0.4) is 0 Å². The quantitative estimate of drug-likeness (QED) is 0.110. The van der Waals surface area contributed by atoms with Crippen molar-refractivity contribution in [2.75, 3.05) is 30.3 Å². The molecule has 4 N–H and O–H groups in total. The van der Waals surface area contributed by atoms with Crippen LogP contribution in [-0.2, 0) is 28.4 Å². The molecule has 5 heterocycles. The number of benzene rings is 2. The first kappa shape index (κ1) is 42.2. The molecule has 62 heavy (non-hydrogen) atoms. The number of likely N-dealkylation sites (tertiary alicyclic amines) is 1. The molecule has 4 aliphatic rings. The number of thiazole rings is 1. The van der Waals surface area contributed by atoms with E-state index in [1.54, 1.807) is 48.9 Å². The molecule has 1 spiro atoms. The first-order valence-electron chi connectivity index (χ1n) is 21.5. The van der Waals surface area contributed by atoms with Gasteiger partial charge in [0.2, 0.25) is 11.8 Å². The molecule has 17 heteroatoms. The van der Waals surface area contributed by atoms with Crippen LogP contribution < -0.4 is 21.6 Å². The fraction of sp³-hybridized carbons (Fsp3) is 0.511. The number of pyridine rings is 1. The van der Waals surface area contributed by atoms with E-state index in [4.69, 9.17) is 4.98 Å². The largest absolute Gasteiger partial charge is 0.433 e. The number of anilines is 2. The molecule has 0 bridgehead atoms. The maximum Gasteiger partial charge on any atom is 0.433 e. The number of fused-ring (bicyclic) bond motifs is 2. The number of halogens is 3. The van der Waals surface area contributed by atoms with Crippen molar-refractivity contribution in [2.45, 2.75) is 108 Å². The second-order valence-corrected chi connectivity index (χ2v) is 19.5. The first-order valence-corrected chi connectivity index (χ1v) is 22.3. The molecule has 13 nitrogen and oxygen atoms in total. The number of para-hydroxylation sites is 1. The molecule has 3 aromatic heterocycles. The predicted molar refractivity (Wildman–Crippen MR) is 230 cm³/mol. The van der Waals surface area contributed by atoms with Crippen LogP contribution in [0.15, 0.2) is 53.3 Å². The fourth-order valence-corrected chi connectivity index (χ4v) is 11.5. The number of aromatic nitrogens is 4. The summed E-state index contributed by atoms with van der Waals surface area (Å²) in [6.07, 6.45) is 4.53. The highest BCUT2D eigenvalue weighted by molar-refractivity contribution is 7.18. The third-order valence-electron chi connectivity index (χ3n) is 13.7. The van der Waals surface area contributed by atoms with Gasteiger partial charge in [0, 0.05) is 43.2 Å². The lowest BCUT2D eigenvalue weighted by molar-refractivity contribution is -0.141. The van der Waals surface area contributed by atoms with Crippen molar-refractivity contribution in [2.24, 2.45) is 18.4 Å². The lowest BCUT2D eigenvalue weighted by Gasteiger charge is -2.53. The number of alkyl halides is 3. The van der Waals surface area contributed by atoms with Gasteiger partial charge >= 0.3 is 11.9 Å². The highest BCUT2D eigenvalue weighted by Crippen LogP contribution is 2.51. The zero-order chi connectivity index (χ0) is 43.7. The van der Waals surface area contributed by atoms with E-state index in [-0.39, 0.29) is 23.7 Å². The topological polar surface area (TPSA) is 163 Å². The minimum Gasteiger partial charge on any atom is -0.386 e. The summed E-state index contributed by atoms with van der Waals surface area (Å²) < 4.78 is 43.8. The number of imidazole rings is 1. The van der Waals surface area contributed by atoms with E-state index >= 15 is 0 Å². The number of imide groups is 1. The summed E-state index contributed by atoms with van der Waals surface area (Å²) in [5.74, 6) is -0.642. The maximum atomic E-state index is 13.4. The highest BCUT2D eigenvalue weighted by Gasteiger charge is 2.46. The Morgan fingerprint density at radius 2 is 1.69 bits per heavy atom. The SMILES string of the molecule is Cn1c(=O)n(C2CCC(=O)NC2=O)c2cccc(NC3CC4(CCN(CC5CCC(c6nc7cc(C(C)(C)O)c(NC(=O)c8cccc(C(F)(F)F)n8)cc7s6)CC5)CC4)C3)c21. The number of rotatable bonds is 9. The van der Waals surface area contributed by atoms with Gasteiger partial charge in [0.15, 0.2) is 0 Å². The van der Waals surface area contributed by atoms with E-state index in [2.05, 4.69) is 25.8 Å². The second-order valence-electron chi connectivity index (χ2n) is 18.5. The molecule has 1 unspecified atom stereocenters. The Bertz CT molecular complexity index is 2620. The van der Waals surface area contributed by atoms with Crippen molar-refractivity contribution in [1.82, 2.24) is 29.3 Å². The van der Waals surface area contributed by atoms with Crippen LogP contribution in [0.2, 0.25) is 0 Å². The molecule has 328 valence electrons. The molecule has 4 fully saturated rings. The molecule has 2 aliphatic carbocycles. The first-order chi connectivity index (χ1) is 29.4. The van der Waals surface area contributed by atoms with E-state index in [0.29, 0.717) is 52.0 Å². The maximum absolute atomic E-state index is 13.4. The summed E-state index contributed by atoms with van der Waals surface area (Å²) >= 11 is 1.56. The zero-order valence-electron chi connectivity index (χ0n) is 35.0. The van der Waals surface area contributed by atoms with Gasteiger partial charge in [-0.05, 0) is 132 Å². The molecule has 2 saturated carbocycles. The average Bonchev–Trinajstić information content (AvgIpc) is 3.75. The predicted octanol–water partition coefficient (Wildman–Crippen LogP) is 7.45. The molecule has 3 amide bonds. The van der Waals surface area contributed by atoms with Gasteiger partial charge in [-0.25, -0.2) is 14.8 Å². The minimum atomic E-state index is -4.69.